The summed E-state index contributed by atoms with van der Waals surface area (Å²) in [6.45, 7) is 1.97. The van der Waals surface area contributed by atoms with E-state index in [1.807, 2.05) is 79.7 Å². The number of rotatable bonds is 5. The number of aliphatic hydroxyl groups is 1. The molecule has 24 heavy (non-hydrogen) atoms. The Kier molecular flexibility index (Phi) is 5.14. The highest BCUT2D eigenvalue weighted by molar-refractivity contribution is 6.96. The third-order valence-electron chi connectivity index (χ3n) is 4.95. The first kappa shape index (κ1) is 16.9. The van der Waals surface area contributed by atoms with E-state index < -0.39 is 14.4 Å². The van der Waals surface area contributed by atoms with E-state index in [0.29, 0.717) is 0 Å². The van der Waals surface area contributed by atoms with Gasteiger partial charge >= 0.3 is 0 Å². The number of allylic oxidation sites excluding steroid dienone is 2. The molecule has 0 aromatic heterocycles. The zero-order chi connectivity index (χ0) is 17.0. The van der Waals surface area contributed by atoms with Gasteiger partial charge in [0.05, 0.1) is 6.10 Å². The number of benzene rings is 2. The molecule has 3 heteroatoms. The third kappa shape index (κ3) is 3.29. The second-order valence-electron chi connectivity index (χ2n) is 6.36. The lowest BCUT2D eigenvalue weighted by molar-refractivity contribution is 0.256. The van der Waals surface area contributed by atoms with Crippen molar-refractivity contribution in [2.75, 3.05) is 0 Å². The van der Waals surface area contributed by atoms with Gasteiger partial charge in [-0.3, -0.25) is 0 Å². The van der Waals surface area contributed by atoms with Crippen molar-refractivity contribution in [1.82, 2.24) is 0 Å². The lowest BCUT2D eigenvalue weighted by atomic mass is 9.99. The van der Waals surface area contributed by atoms with Crippen LogP contribution in [-0.4, -0.2) is 24.3 Å². The molecule has 0 bridgehead atoms. The number of hydrogen-bond donors (Lipinski definition) is 2. The maximum Gasteiger partial charge on any atom is 0.252 e. The van der Waals surface area contributed by atoms with Crippen LogP contribution in [0, 0.1) is 5.92 Å². The van der Waals surface area contributed by atoms with Gasteiger partial charge in [-0.25, -0.2) is 0 Å². The van der Waals surface area contributed by atoms with Crippen molar-refractivity contribution in [2.45, 2.75) is 25.5 Å². The summed E-state index contributed by atoms with van der Waals surface area (Å²) < 4.78 is 0. The van der Waals surface area contributed by atoms with Gasteiger partial charge in [-0.1, -0.05) is 78.9 Å². The standard InChI is InChI=1S/C21H24O2Si/c1-2-20-17(13-14-21(20)22)15-16-24(23,18-9-5-3-6-10-18)19-11-7-4-8-12-19/h2-14,17,21-23H,15-16H2,1H3/b20-2-. The van der Waals surface area contributed by atoms with E-state index in [2.05, 4.69) is 6.08 Å². The SMILES string of the molecule is C/C=C1\C(O)C=CC1CC[Si](O)(c1ccccc1)c1ccccc1. The normalized spacial score (nSPS) is 22.2. The van der Waals surface area contributed by atoms with Crippen molar-refractivity contribution in [2.24, 2.45) is 5.92 Å². The molecule has 3 rings (SSSR count). The summed E-state index contributed by atoms with van der Waals surface area (Å²) in [5, 5.41) is 12.1. The quantitative estimate of drug-likeness (QED) is 0.651. The fraction of sp³-hybridized carbons (Fsp3) is 0.238. The van der Waals surface area contributed by atoms with E-state index in [1.165, 1.54) is 0 Å². The summed E-state index contributed by atoms with van der Waals surface area (Å²) in [6.07, 6.45) is 6.31. The summed E-state index contributed by atoms with van der Waals surface area (Å²) in [5.74, 6) is 0.219. The Morgan fingerprint density at radius 1 is 0.917 bits per heavy atom. The van der Waals surface area contributed by atoms with E-state index in [-0.39, 0.29) is 5.92 Å². The molecule has 2 nitrogen and oxygen atoms in total. The van der Waals surface area contributed by atoms with E-state index in [0.717, 1.165) is 28.4 Å². The molecule has 0 radical (unpaired) electrons. The van der Waals surface area contributed by atoms with Crippen LogP contribution in [-0.2, 0) is 0 Å². The van der Waals surface area contributed by atoms with Crippen LogP contribution in [0.25, 0.3) is 0 Å². The first-order chi connectivity index (χ1) is 11.6. The average Bonchev–Trinajstić information content (AvgIpc) is 3.01. The van der Waals surface area contributed by atoms with Gasteiger partial charge in [0, 0.05) is 5.92 Å². The lowest BCUT2D eigenvalue weighted by Crippen LogP contribution is -2.58. The van der Waals surface area contributed by atoms with Crippen LogP contribution < -0.4 is 10.4 Å². The Bertz CT molecular complexity index is 683. The van der Waals surface area contributed by atoms with Gasteiger partial charge < -0.3 is 9.90 Å². The molecule has 2 N–H and O–H groups in total. The van der Waals surface area contributed by atoms with Crippen LogP contribution >= 0.6 is 0 Å². The van der Waals surface area contributed by atoms with Crippen LogP contribution in [0.5, 0.6) is 0 Å². The Morgan fingerprint density at radius 2 is 1.46 bits per heavy atom. The predicted molar refractivity (Wildman–Crippen MR) is 102 cm³/mol. The molecule has 0 spiro atoms. The molecule has 124 valence electrons. The Labute approximate surface area is 144 Å². The smallest absolute Gasteiger partial charge is 0.252 e. The first-order valence-electron chi connectivity index (χ1n) is 8.51. The highest BCUT2D eigenvalue weighted by Crippen LogP contribution is 2.30. The van der Waals surface area contributed by atoms with E-state index in [4.69, 9.17) is 0 Å². The Morgan fingerprint density at radius 3 is 1.96 bits per heavy atom. The molecule has 2 unspecified atom stereocenters. The highest BCUT2D eigenvalue weighted by atomic mass is 28.4. The maximum atomic E-state index is 11.7. The van der Waals surface area contributed by atoms with Crippen molar-refractivity contribution in [3.8, 4) is 0 Å². The fourth-order valence-corrected chi connectivity index (χ4v) is 6.70. The minimum atomic E-state index is -2.78. The molecule has 2 aromatic carbocycles. The van der Waals surface area contributed by atoms with Crippen LogP contribution in [0.2, 0.25) is 6.04 Å². The molecule has 0 fully saturated rings. The maximum absolute atomic E-state index is 11.7. The Balaban J connectivity index is 1.88. The number of hydrogen-bond acceptors (Lipinski definition) is 2. The first-order valence-corrected chi connectivity index (χ1v) is 10.7. The van der Waals surface area contributed by atoms with Crippen LogP contribution in [0.15, 0.2) is 84.5 Å². The fourth-order valence-electron chi connectivity index (χ4n) is 3.58. The highest BCUT2D eigenvalue weighted by Gasteiger charge is 2.37. The van der Waals surface area contributed by atoms with E-state index >= 15 is 0 Å². The summed E-state index contributed by atoms with van der Waals surface area (Å²) in [6, 6.07) is 20.8. The van der Waals surface area contributed by atoms with Gasteiger partial charge in [0.25, 0.3) is 8.32 Å². The summed E-state index contributed by atoms with van der Waals surface area (Å²) in [5.41, 5.74) is 1.05. The molecule has 0 amide bonds. The Hall–Kier alpha value is -1.94. The number of aliphatic hydroxyl groups excluding tert-OH is 1. The summed E-state index contributed by atoms with van der Waals surface area (Å²) in [4.78, 5) is 11.7. The van der Waals surface area contributed by atoms with Crippen molar-refractivity contribution >= 4 is 18.7 Å². The molecule has 2 aromatic rings. The summed E-state index contributed by atoms with van der Waals surface area (Å²) in [7, 11) is -2.78. The summed E-state index contributed by atoms with van der Waals surface area (Å²) >= 11 is 0. The van der Waals surface area contributed by atoms with Crippen LogP contribution in [0.3, 0.4) is 0 Å². The molecule has 0 heterocycles. The second-order valence-corrected chi connectivity index (χ2v) is 9.73. The third-order valence-corrected chi connectivity index (χ3v) is 8.54. The minimum Gasteiger partial charge on any atom is -0.424 e. The zero-order valence-corrected chi connectivity index (χ0v) is 15.0. The molecule has 1 aliphatic carbocycles. The van der Waals surface area contributed by atoms with Gasteiger partial charge in [0.2, 0.25) is 0 Å². The van der Waals surface area contributed by atoms with Crippen molar-refractivity contribution in [1.29, 1.82) is 0 Å². The molecule has 2 atom stereocenters. The molecule has 0 saturated heterocycles. The monoisotopic (exact) mass is 336 g/mol. The molecule has 0 saturated carbocycles. The molecular weight excluding hydrogens is 312 g/mol. The predicted octanol–water partition coefficient (Wildman–Crippen LogP) is 2.62. The lowest BCUT2D eigenvalue weighted by Gasteiger charge is -2.28. The van der Waals surface area contributed by atoms with Crippen LogP contribution in [0.1, 0.15) is 13.3 Å². The van der Waals surface area contributed by atoms with Gasteiger partial charge in [0.1, 0.15) is 0 Å². The van der Waals surface area contributed by atoms with Crippen molar-refractivity contribution in [3.05, 3.63) is 84.5 Å². The van der Waals surface area contributed by atoms with Crippen LogP contribution in [0.4, 0.5) is 0 Å². The molecule has 1 aliphatic rings. The topological polar surface area (TPSA) is 40.5 Å². The van der Waals surface area contributed by atoms with E-state index in [9.17, 15) is 9.90 Å². The average molecular weight is 337 g/mol. The largest absolute Gasteiger partial charge is 0.424 e. The van der Waals surface area contributed by atoms with Crippen molar-refractivity contribution in [3.63, 3.8) is 0 Å². The molecular formula is C21H24O2Si. The second kappa shape index (κ2) is 7.30. The van der Waals surface area contributed by atoms with Gasteiger partial charge in [-0.05, 0) is 35.3 Å². The van der Waals surface area contributed by atoms with Crippen molar-refractivity contribution < 1.29 is 9.90 Å². The van der Waals surface area contributed by atoms with E-state index in [1.54, 1.807) is 0 Å². The van der Waals surface area contributed by atoms with Gasteiger partial charge in [-0.2, -0.15) is 0 Å². The minimum absolute atomic E-state index is 0.219. The zero-order valence-electron chi connectivity index (χ0n) is 14.0. The van der Waals surface area contributed by atoms with Gasteiger partial charge in [0.15, 0.2) is 0 Å². The molecule has 0 aliphatic heterocycles. The van der Waals surface area contributed by atoms with Gasteiger partial charge in [-0.15, -0.1) is 0 Å².